The topological polar surface area (TPSA) is 74.2 Å². The normalized spacial score (nSPS) is 17.9. The third kappa shape index (κ3) is 5.37. The van der Waals surface area contributed by atoms with E-state index in [1.807, 2.05) is 0 Å². The Kier molecular flexibility index (Phi) is 6.28. The highest BCUT2D eigenvalue weighted by Crippen LogP contribution is 2.36. The second-order valence-electron chi connectivity index (χ2n) is 5.35. The predicted octanol–water partition coefficient (Wildman–Crippen LogP) is 3.47. The van der Waals surface area contributed by atoms with Gasteiger partial charge in [-0.3, -0.25) is 4.79 Å². The molecule has 9 heteroatoms. The van der Waals surface area contributed by atoms with Gasteiger partial charge in [0.25, 0.3) is 5.91 Å². The van der Waals surface area contributed by atoms with E-state index in [1.54, 1.807) is 6.07 Å². The van der Waals surface area contributed by atoms with Crippen molar-refractivity contribution in [1.29, 1.82) is 5.26 Å². The summed E-state index contributed by atoms with van der Waals surface area (Å²) in [7, 11) is 0. The first-order valence-electron chi connectivity index (χ1n) is 7.44. The fraction of sp³-hybridized carbons (Fsp3) is 0.375. The standard InChI is InChI=1S/C16H15ClF3N3O2/c17-11-3-4-14(13(6-11)16(18,19)20)22-8-10(7-21)15(24)23-9-12-2-1-5-25-12/h3-4,6,8,12,22H,1-2,5,9H2,(H,23,24)/b10-8-. The SMILES string of the molecule is N#C/C(=C/Nc1ccc(Cl)cc1C(F)(F)F)C(=O)NCC1CCCO1. The number of benzene rings is 1. The Hall–Kier alpha value is -2.24. The fourth-order valence-electron chi connectivity index (χ4n) is 2.28. The maximum Gasteiger partial charge on any atom is 0.418 e. The average Bonchev–Trinajstić information content (AvgIpc) is 3.07. The van der Waals surface area contributed by atoms with Crippen LogP contribution in [0.2, 0.25) is 5.02 Å². The highest BCUT2D eigenvalue weighted by molar-refractivity contribution is 6.30. The molecule has 1 heterocycles. The highest BCUT2D eigenvalue weighted by Gasteiger charge is 2.33. The van der Waals surface area contributed by atoms with Gasteiger partial charge < -0.3 is 15.4 Å². The van der Waals surface area contributed by atoms with Gasteiger partial charge in [0.15, 0.2) is 0 Å². The van der Waals surface area contributed by atoms with E-state index in [-0.39, 0.29) is 28.9 Å². The Morgan fingerprint density at radius 2 is 2.24 bits per heavy atom. The van der Waals surface area contributed by atoms with Crippen LogP contribution in [0.5, 0.6) is 0 Å². The lowest BCUT2D eigenvalue weighted by Crippen LogP contribution is -2.32. The summed E-state index contributed by atoms with van der Waals surface area (Å²) in [6, 6.07) is 4.82. The van der Waals surface area contributed by atoms with Gasteiger partial charge in [-0.2, -0.15) is 18.4 Å². The molecular weight excluding hydrogens is 359 g/mol. The molecule has 134 valence electrons. The molecule has 0 bridgehead atoms. The van der Waals surface area contributed by atoms with E-state index >= 15 is 0 Å². The smallest absolute Gasteiger partial charge is 0.376 e. The number of nitrogens with zero attached hydrogens (tertiary/aromatic N) is 1. The Morgan fingerprint density at radius 1 is 1.48 bits per heavy atom. The molecule has 1 fully saturated rings. The van der Waals surface area contributed by atoms with Crippen LogP contribution in [0.1, 0.15) is 18.4 Å². The molecule has 1 aromatic rings. The minimum absolute atomic E-state index is 0.0725. The molecule has 0 radical (unpaired) electrons. The van der Waals surface area contributed by atoms with Gasteiger partial charge in [0, 0.05) is 24.4 Å². The number of nitrogens with one attached hydrogen (secondary N) is 2. The molecule has 5 nitrogen and oxygen atoms in total. The van der Waals surface area contributed by atoms with Crippen LogP contribution >= 0.6 is 11.6 Å². The van der Waals surface area contributed by atoms with Crippen LogP contribution in [0.25, 0.3) is 0 Å². The summed E-state index contributed by atoms with van der Waals surface area (Å²) in [5.41, 5.74) is -1.65. The number of anilines is 1. The van der Waals surface area contributed by atoms with Crippen molar-refractivity contribution in [2.24, 2.45) is 0 Å². The Bertz CT molecular complexity index is 708. The van der Waals surface area contributed by atoms with Crippen molar-refractivity contribution in [3.05, 3.63) is 40.6 Å². The van der Waals surface area contributed by atoms with Crippen molar-refractivity contribution in [2.75, 3.05) is 18.5 Å². The van der Waals surface area contributed by atoms with Crippen LogP contribution in [0.15, 0.2) is 30.0 Å². The number of nitriles is 1. The third-order valence-corrected chi connectivity index (χ3v) is 3.77. The van der Waals surface area contributed by atoms with E-state index in [0.29, 0.717) is 6.61 Å². The van der Waals surface area contributed by atoms with Crippen LogP contribution < -0.4 is 10.6 Å². The van der Waals surface area contributed by atoms with Gasteiger partial charge in [-0.1, -0.05) is 11.6 Å². The van der Waals surface area contributed by atoms with Crippen molar-refractivity contribution >= 4 is 23.2 Å². The number of halogens is 4. The van der Waals surface area contributed by atoms with E-state index in [2.05, 4.69) is 10.6 Å². The van der Waals surface area contributed by atoms with Gasteiger partial charge in [0.1, 0.15) is 11.6 Å². The lowest BCUT2D eigenvalue weighted by molar-refractivity contribution is -0.136. The molecule has 1 unspecified atom stereocenters. The first-order valence-corrected chi connectivity index (χ1v) is 7.82. The van der Waals surface area contributed by atoms with E-state index < -0.39 is 17.6 Å². The molecule has 0 aliphatic carbocycles. The van der Waals surface area contributed by atoms with Crippen molar-refractivity contribution in [3.63, 3.8) is 0 Å². The number of alkyl halides is 3. The summed E-state index contributed by atoms with van der Waals surface area (Å²) in [6.45, 7) is 0.867. The summed E-state index contributed by atoms with van der Waals surface area (Å²) < 4.78 is 44.4. The maximum absolute atomic E-state index is 13.0. The van der Waals surface area contributed by atoms with Crippen molar-refractivity contribution in [1.82, 2.24) is 5.32 Å². The minimum Gasteiger partial charge on any atom is -0.376 e. The number of hydrogen-bond donors (Lipinski definition) is 2. The van der Waals surface area contributed by atoms with Crippen LogP contribution in [0.4, 0.5) is 18.9 Å². The number of carbonyl (C=O) groups excluding carboxylic acids is 1. The molecule has 1 amide bonds. The predicted molar refractivity (Wildman–Crippen MR) is 85.8 cm³/mol. The second kappa shape index (κ2) is 8.23. The first kappa shape index (κ1) is 19.1. The van der Waals surface area contributed by atoms with Crippen LogP contribution in [-0.2, 0) is 15.7 Å². The fourth-order valence-corrected chi connectivity index (χ4v) is 2.45. The van der Waals surface area contributed by atoms with E-state index in [9.17, 15) is 18.0 Å². The summed E-state index contributed by atoms with van der Waals surface area (Å²) in [5, 5.41) is 13.9. The molecule has 0 saturated carbocycles. The largest absolute Gasteiger partial charge is 0.418 e. The number of amides is 1. The lowest BCUT2D eigenvalue weighted by atomic mass is 10.1. The van der Waals surface area contributed by atoms with Crippen molar-refractivity contribution < 1.29 is 22.7 Å². The molecule has 2 rings (SSSR count). The maximum atomic E-state index is 13.0. The zero-order valence-corrected chi connectivity index (χ0v) is 13.7. The van der Waals surface area contributed by atoms with Gasteiger partial charge in [-0.25, -0.2) is 0 Å². The molecule has 1 aromatic carbocycles. The number of carbonyl (C=O) groups is 1. The molecule has 1 saturated heterocycles. The molecule has 25 heavy (non-hydrogen) atoms. The molecule has 0 spiro atoms. The molecule has 2 N–H and O–H groups in total. The summed E-state index contributed by atoms with van der Waals surface area (Å²) in [4.78, 5) is 11.9. The molecule has 1 atom stereocenters. The Morgan fingerprint density at radius 3 is 2.84 bits per heavy atom. The van der Waals surface area contributed by atoms with Gasteiger partial charge in [0.2, 0.25) is 0 Å². The van der Waals surface area contributed by atoms with Gasteiger partial charge in [-0.05, 0) is 31.0 Å². The van der Waals surface area contributed by atoms with Crippen LogP contribution in [0.3, 0.4) is 0 Å². The summed E-state index contributed by atoms with van der Waals surface area (Å²) in [6.07, 6.45) is -2.09. The van der Waals surface area contributed by atoms with E-state index in [4.69, 9.17) is 21.6 Å². The lowest BCUT2D eigenvalue weighted by Gasteiger charge is -2.13. The van der Waals surface area contributed by atoms with Crippen LogP contribution in [0, 0.1) is 11.3 Å². The zero-order chi connectivity index (χ0) is 18.4. The average molecular weight is 374 g/mol. The van der Waals surface area contributed by atoms with Crippen molar-refractivity contribution in [3.8, 4) is 6.07 Å². The number of hydrogen-bond acceptors (Lipinski definition) is 4. The highest BCUT2D eigenvalue weighted by atomic mass is 35.5. The van der Waals surface area contributed by atoms with Gasteiger partial charge in [-0.15, -0.1) is 0 Å². The summed E-state index contributed by atoms with van der Waals surface area (Å²) in [5.74, 6) is -0.687. The molecular formula is C16H15ClF3N3O2. The molecule has 0 aromatic heterocycles. The van der Waals surface area contributed by atoms with Crippen LogP contribution in [-0.4, -0.2) is 25.2 Å². The second-order valence-corrected chi connectivity index (χ2v) is 5.78. The summed E-state index contributed by atoms with van der Waals surface area (Å²) >= 11 is 5.60. The molecule has 1 aliphatic heterocycles. The van der Waals surface area contributed by atoms with Crippen molar-refractivity contribution in [2.45, 2.75) is 25.1 Å². The van der Waals surface area contributed by atoms with E-state index in [0.717, 1.165) is 31.2 Å². The Balaban J connectivity index is 2.08. The van der Waals surface area contributed by atoms with Gasteiger partial charge in [0.05, 0.1) is 17.4 Å². The van der Waals surface area contributed by atoms with E-state index in [1.165, 1.54) is 6.07 Å². The first-order chi connectivity index (χ1) is 11.8. The minimum atomic E-state index is -4.63. The number of ether oxygens (including phenoxy) is 1. The van der Waals surface area contributed by atoms with Gasteiger partial charge >= 0.3 is 6.18 Å². The Labute approximate surface area is 147 Å². The zero-order valence-electron chi connectivity index (χ0n) is 13.0. The molecule has 1 aliphatic rings. The monoisotopic (exact) mass is 373 g/mol. The number of rotatable bonds is 5. The quantitative estimate of drug-likeness (QED) is 0.612. The third-order valence-electron chi connectivity index (χ3n) is 3.54.